The number of fused-ring (bicyclic) bond motifs is 13. The van der Waals surface area contributed by atoms with Crippen LogP contribution in [0.4, 0.5) is 0 Å². The predicted molar refractivity (Wildman–Crippen MR) is 269 cm³/mol. The summed E-state index contributed by atoms with van der Waals surface area (Å²) in [6, 6.07) is 79.2. The van der Waals surface area contributed by atoms with Gasteiger partial charge in [-0.2, -0.15) is 0 Å². The van der Waals surface area contributed by atoms with Crippen molar-refractivity contribution in [3.63, 3.8) is 0 Å². The lowest BCUT2D eigenvalue weighted by atomic mass is 9.97. The summed E-state index contributed by atoms with van der Waals surface area (Å²) in [5.74, 6) is 0.698. The number of nitrogens with zero attached hydrogens (tertiary/aromatic N) is 4. The topological polar surface area (TPSA) is 35.6 Å². The smallest absolute Gasteiger partial charge is 0.160 e. The van der Waals surface area contributed by atoms with E-state index in [0.717, 1.165) is 50.1 Å². The summed E-state index contributed by atoms with van der Waals surface area (Å²) < 4.78 is 4.83. The van der Waals surface area contributed by atoms with Crippen LogP contribution >= 0.6 is 0 Å². The summed E-state index contributed by atoms with van der Waals surface area (Å²) in [5.41, 5.74) is 10.8. The molecule has 11 aromatic carbocycles. The highest BCUT2D eigenvalue weighted by molar-refractivity contribution is 6.21. The Morgan fingerprint density at radius 2 is 0.906 bits per heavy atom. The SMILES string of the molecule is c1cc(-c2nc(-c3ccc4ccc5ccccc5c4c3)c3ccccc3n2)cc(-n2c3ccccc3c3cc4ccc(-n5c6ccccc6c6c7ccccc7ccc65)cc4cc32)c1. The summed E-state index contributed by atoms with van der Waals surface area (Å²) in [6.07, 6.45) is 0. The quantitative estimate of drug-likeness (QED) is 0.166. The van der Waals surface area contributed by atoms with E-state index < -0.39 is 0 Å². The van der Waals surface area contributed by atoms with Gasteiger partial charge in [0.2, 0.25) is 0 Å². The van der Waals surface area contributed by atoms with Crippen molar-refractivity contribution in [3.05, 3.63) is 218 Å². The summed E-state index contributed by atoms with van der Waals surface area (Å²) in [6.45, 7) is 0. The number of rotatable bonds is 4. The van der Waals surface area contributed by atoms with Gasteiger partial charge in [-0.15, -0.1) is 0 Å². The first-order valence-electron chi connectivity index (χ1n) is 21.9. The fraction of sp³-hybridized carbons (Fsp3) is 0. The second-order valence-electron chi connectivity index (χ2n) is 17.0. The van der Waals surface area contributed by atoms with Gasteiger partial charge in [-0.3, -0.25) is 0 Å². The lowest BCUT2D eigenvalue weighted by Crippen LogP contribution is -1.98. The first kappa shape index (κ1) is 35.0. The predicted octanol–water partition coefficient (Wildman–Crippen LogP) is 15.8. The van der Waals surface area contributed by atoms with E-state index in [1.165, 1.54) is 75.7 Å². The molecule has 14 rings (SSSR count). The normalized spacial score (nSPS) is 12.1. The maximum Gasteiger partial charge on any atom is 0.160 e. The highest BCUT2D eigenvalue weighted by Gasteiger charge is 2.19. The van der Waals surface area contributed by atoms with Crippen LogP contribution in [0.1, 0.15) is 0 Å². The molecule has 0 saturated carbocycles. The fourth-order valence-electron chi connectivity index (χ4n) is 10.5. The molecule has 0 aliphatic carbocycles. The van der Waals surface area contributed by atoms with Crippen molar-refractivity contribution >= 4 is 97.6 Å². The second-order valence-corrected chi connectivity index (χ2v) is 17.0. The molecule has 4 heteroatoms. The van der Waals surface area contributed by atoms with Gasteiger partial charge in [0.05, 0.1) is 33.3 Å². The molecule has 0 radical (unpaired) electrons. The molecule has 14 aromatic rings. The van der Waals surface area contributed by atoms with Gasteiger partial charge in [0.15, 0.2) is 5.82 Å². The molecule has 0 N–H and O–H groups in total. The number of aromatic nitrogens is 4. The first-order valence-corrected chi connectivity index (χ1v) is 21.9. The van der Waals surface area contributed by atoms with E-state index in [2.05, 4.69) is 228 Å². The van der Waals surface area contributed by atoms with Gasteiger partial charge < -0.3 is 9.13 Å². The van der Waals surface area contributed by atoms with E-state index in [9.17, 15) is 0 Å². The Bertz CT molecular complexity index is 4270. The average Bonchev–Trinajstić information content (AvgIpc) is 3.87. The molecule has 64 heavy (non-hydrogen) atoms. The van der Waals surface area contributed by atoms with Crippen molar-refractivity contribution in [1.82, 2.24) is 19.1 Å². The van der Waals surface area contributed by atoms with Gasteiger partial charge in [-0.05, 0) is 110 Å². The van der Waals surface area contributed by atoms with Crippen LogP contribution in [0.2, 0.25) is 0 Å². The van der Waals surface area contributed by atoms with Crippen molar-refractivity contribution in [2.45, 2.75) is 0 Å². The molecule has 4 nitrogen and oxygen atoms in total. The van der Waals surface area contributed by atoms with E-state index in [1.807, 2.05) is 0 Å². The Labute approximate surface area is 367 Å². The zero-order valence-electron chi connectivity index (χ0n) is 34.6. The van der Waals surface area contributed by atoms with Crippen LogP contribution in [0.3, 0.4) is 0 Å². The van der Waals surface area contributed by atoms with Gasteiger partial charge >= 0.3 is 0 Å². The maximum absolute atomic E-state index is 5.39. The van der Waals surface area contributed by atoms with Crippen LogP contribution in [0.5, 0.6) is 0 Å². The van der Waals surface area contributed by atoms with Crippen LogP contribution in [0.25, 0.3) is 132 Å². The average molecular weight is 813 g/mol. The summed E-state index contributed by atoms with van der Waals surface area (Å²) in [7, 11) is 0. The fourth-order valence-corrected chi connectivity index (χ4v) is 10.5. The standard InChI is InChI=1S/C60H36N4/c1-3-16-46-37(12-1)24-25-39-26-27-41(35-51(39)46)59-49-19-5-8-21-53(49)61-60(62-59)42-14-11-15-44(32-42)64-54-22-9-6-18-48(54)52-34-40-28-30-45(33-43(40)36-57(52)64)63-55-23-10-7-20-50(55)58-47-17-4-2-13-38(47)29-31-56(58)63/h1-36H. The Morgan fingerprint density at radius 1 is 0.281 bits per heavy atom. The molecule has 0 aliphatic heterocycles. The summed E-state index contributed by atoms with van der Waals surface area (Å²) in [4.78, 5) is 10.6. The van der Waals surface area contributed by atoms with Crippen LogP contribution in [-0.2, 0) is 0 Å². The van der Waals surface area contributed by atoms with E-state index in [0.29, 0.717) is 5.82 Å². The molecule has 0 atom stereocenters. The van der Waals surface area contributed by atoms with Gasteiger partial charge in [-0.25, -0.2) is 9.97 Å². The number of para-hydroxylation sites is 3. The molecule has 0 fully saturated rings. The molecule has 3 aromatic heterocycles. The monoisotopic (exact) mass is 812 g/mol. The van der Waals surface area contributed by atoms with Gasteiger partial charge in [0.1, 0.15) is 0 Å². The molecule has 0 bridgehead atoms. The van der Waals surface area contributed by atoms with E-state index in [-0.39, 0.29) is 0 Å². The first-order chi connectivity index (χ1) is 31.7. The summed E-state index contributed by atoms with van der Waals surface area (Å²) >= 11 is 0. The minimum Gasteiger partial charge on any atom is -0.309 e. The number of benzene rings is 11. The van der Waals surface area contributed by atoms with Crippen molar-refractivity contribution in [2.75, 3.05) is 0 Å². The molecule has 0 aliphatic rings. The van der Waals surface area contributed by atoms with Crippen LogP contribution in [0.15, 0.2) is 218 Å². The third-order valence-electron chi connectivity index (χ3n) is 13.4. The highest BCUT2D eigenvalue weighted by atomic mass is 15.0. The molecule has 0 spiro atoms. The lowest BCUT2D eigenvalue weighted by Gasteiger charge is -2.13. The zero-order valence-corrected chi connectivity index (χ0v) is 34.6. The zero-order chi connectivity index (χ0) is 41.9. The van der Waals surface area contributed by atoms with E-state index in [4.69, 9.17) is 9.97 Å². The van der Waals surface area contributed by atoms with Crippen molar-refractivity contribution in [1.29, 1.82) is 0 Å². The minimum absolute atomic E-state index is 0.698. The van der Waals surface area contributed by atoms with Crippen LogP contribution in [-0.4, -0.2) is 19.1 Å². The lowest BCUT2D eigenvalue weighted by molar-refractivity contribution is 1.17. The Balaban J connectivity index is 0.946. The second kappa shape index (κ2) is 13.4. The van der Waals surface area contributed by atoms with Gasteiger partial charge in [-0.1, -0.05) is 152 Å². The Kier molecular flexibility index (Phi) is 7.36. The van der Waals surface area contributed by atoms with Crippen molar-refractivity contribution in [2.24, 2.45) is 0 Å². The van der Waals surface area contributed by atoms with E-state index in [1.54, 1.807) is 0 Å². The molecule has 0 amide bonds. The Morgan fingerprint density at radius 3 is 1.77 bits per heavy atom. The van der Waals surface area contributed by atoms with Crippen molar-refractivity contribution in [3.8, 4) is 34.0 Å². The highest BCUT2D eigenvalue weighted by Crippen LogP contribution is 2.40. The molecular formula is C60H36N4. The third-order valence-corrected chi connectivity index (χ3v) is 13.4. The van der Waals surface area contributed by atoms with Crippen LogP contribution in [0, 0.1) is 0 Å². The largest absolute Gasteiger partial charge is 0.309 e. The van der Waals surface area contributed by atoms with Crippen LogP contribution < -0.4 is 0 Å². The molecule has 0 saturated heterocycles. The van der Waals surface area contributed by atoms with Gasteiger partial charge in [0.25, 0.3) is 0 Å². The summed E-state index contributed by atoms with van der Waals surface area (Å²) in [5, 5.41) is 15.8. The molecular weight excluding hydrogens is 777 g/mol. The van der Waals surface area contributed by atoms with E-state index >= 15 is 0 Å². The number of hydrogen-bond donors (Lipinski definition) is 0. The Hall–Kier alpha value is -8.60. The van der Waals surface area contributed by atoms with Crippen molar-refractivity contribution < 1.29 is 0 Å². The molecule has 0 unspecified atom stereocenters. The minimum atomic E-state index is 0.698. The third kappa shape index (κ3) is 5.17. The molecule has 296 valence electrons. The number of hydrogen-bond acceptors (Lipinski definition) is 2. The maximum atomic E-state index is 5.39. The molecule has 3 heterocycles. The van der Waals surface area contributed by atoms with Gasteiger partial charge in [0, 0.05) is 49.4 Å².